The highest BCUT2D eigenvalue weighted by Gasteiger charge is 2.44. The van der Waals surface area contributed by atoms with E-state index in [9.17, 15) is 14.0 Å². The molecule has 1 spiro atoms. The Hall–Kier alpha value is -2.67. The Morgan fingerprint density at radius 2 is 1.96 bits per heavy atom. The number of amides is 2. The fraction of sp³-hybridized carbons (Fsp3) is 0.368. The Labute approximate surface area is 150 Å². The van der Waals surface area contributed by atoms with Gasteiger partial charge < -0.3 is 19.0 Å². The molecule has 26 heavy (non-hydrogen) atoms. The molecule has 4 rings (SSSR count). The average Bonchev–Trinajstić information content (AvgIpc) is 3.19. The maximum absolute atomic E-state index is 13.2. The van der Waals surface area contributed by atoms with E-state index in [0.29, 0.717) is 31.1 Å². The number of nitrogens with zero attached hydrogens (tertiary/aromatic N) is 2. The lowest BCUT2D eigenvalue weighted by Crippen LogP contribution is -2.62. The van der Waals surface area contributed by atoms with Crippen molar-refractivity contribution in [1.82, 2.24) is 4.90 Å². The summed E-state index contributed by atoms with van der Waals surface area (Å²) < 4.78 is 24.3. The number of halogens is 1. The average molecular weight is 358 g/mol. The normalized spacial score (nSPS) is 23.5. The number of rotatable bonds is 2. The fourth-order valence-corrected chi connectivity index (χ4v) is 3.65. The molecule has 1 unspecified atom stereocenters. The minimum Gasteiger partial charge on any atom is -0.459 e. The molecule has 2 fully saturated rings. The molecule has 1 atom stereocenters. The first kappa shape index (κ1) is 16.8. The molecule has 0 N–H and O–H groups in total. The third-order valence-corrected chi connectivity index (χ3v) is 4.95. The maximum Gasteiger partial charge on any atom is 0.289 e. The van der Waals surface area contributed by atoms with Gasteiger partial charge >= 0.3 is 0 Å². The largest absolute Gasteiger partial charge is 0.459 e. The van der Waals surface area contributed by atoms with Crippen LogP contribution in [0.5, 0.6) is 0 Å². The number of likely N-dealkylation sites (tertiary alicyclic amines) is 1. The molecule has 2 aromatic rings. The Morgan fingerprint density at radius 3 is 2.69 bits per heavy atom. The van der Waals surface area contributed by atoms with E-state index in [0.717, 1.165) is 12.8 Å². The number of hydrogen-bond donors (Lipinski definition) is 0. The number of furan rings is 1. The SMILES string of the molecule is O=C(c1ccco1)N1CCCC2(C1)CN(c1ccc(F)cc1)C(=O)CO2. The summed E-state index contributed by atoms with van der Waals surface area (Å²) in [7, 11) is 0. The molecule has 2 aliphatic heterocycles. The minimum absolute atomic E-state index is 0.0554. The van der Waals surface area contributed by atoms with E-state index in [2.05, 4.69) is 0 Å². The summed E-state index contributed by atoms with van der Waals surface area (Å²) >= 11 is 0. The van der Waals surface area contributed by atoms with Crippen LogP contribution >= 0.6 is 0 Å². The van der Waals surface area contributed by atoms with Gasteiger partial charge in [-0.15, -0.1) is 0 Å². The quantitative estimate of drug-likeness (QED) is 0.827. The van der Waals surface area contributed by atoms with Crippen molar-refractivity contribution in [2.75, 3.05) is 31.1 Å². The third-order valence-electron chi connectivity index (χ3n) is 4.95. The lowest BCUT2D eigenvalue weighted by Gasteiger charge is -2.47. The number of carbonyl (C=O) groups excluding carboxylic acids is 2. The summed E-state index contributed by atoms with van der Waals surface area (Å²) in [4.78, 5) is 28.2. The molecular weight excluding hydrogens is 339 g/mol. The second kappa shape index (κ2) is 6.57. The standard InChI is InChI=1S/C19H19FN2O4/c20-14-4-6-15(7-5-14)22-13-19(26-11-17(22)23)8-2-9-21(12-19)18(24)16-3-1-10-25-16/h1,3-7,10H,2,8-9,11-13H2. The van der Waals surface area contributed by atoms with Crippen LogP contribution in [0.3, 0.4) is 0 Å². The predicted molar refractivity (Wildman–Crippen MR) is 91.3 cm³/mol. The minimum atomic E-state index is -0.622. The highest BCUT2D eigenvalue weighted by Crippen LogP contribution is 2.32. The Morgan fingerprint density at radius 1 is 1.15 bits per heavy atom. The smallest absolute Gasteiger partial charge is 0.289 e. The molecule has 3 heterocycles. The predicted octanol–water partition coefficient (Wildman–Crippen LogP) is 2.46. The van der Waals surface area contributed by atoms with E-state index in [1.165, 1.54) is 18.4 Å². The van der Waals surface area contributed by atoms with Gasteiger partial charge in [-0.25, -0.2) is 4.39 Å². The summed E-state index contributed by atoms with van der Waals surface area (Å²) in [6, 6.07) is 9.15. The zero-order valence-corrected chi connectivity index (χ0v) is 14.2. The molecule has 0 radical (unpaired) electrons. The number of ether oxygens (including phenoxy) is 1. The summed E-state index contributed by atoms with van der Waals surface area (Å²) in [5, 5.41) is 0. The van der Waals surface area contributed by atoms with Gasteiger partial charge in [-0.3, -0.25) is 9.59 Å². The first-order valence-corrected chi connectivity index (χ1v) is 8.59. The fourth-order valence-electron chi connectivity index (χ4n) is 3.65. The second-order valence-corrected chi connectivity index (χ2v) is 6.74. The van der Waals surface area contributed by atoms with Crippen LogP contribution in [0.4, 0.5) is 10.1 Å². The van der Waals surface area contributed by atoms with Gasteiger partial charge in [0.25, 0.3) is 11.8 Å². The van der Waals surface area contributed by atoms with Crippen molar-refractivity contribution in [2.24, 2.45) is 0 Å². The third kappa shape index (κ3) is 3.10. The van der Waals surface area contributed by atoms with Crippen molar-refractivity contribution in [2.45, 2.75) is 18.4 Å². The van der Waals surface area contributed by atoms with Gasteiger partial charge in [0.05, 0.1) is 19.4 Å². The molecule has 136 valence electrons. The van der Waals surface area contributed by atoms with Gasteiger partial charge in [-0.05, 0) is 49.2 Å². The lowest BCUT2D eigenvalue weighted by molar-refractivity contribution is -0.144. The van der Waals surface area contributed by atoms with Gasteiger partial charge in [-0.2, -0.15) is 0 Å². The number of hydrogen-bond acceptors (Lipinski definition) is 4. The molecule has 7 heteroatoms. The maximum atomic E-state index is 13.2. The second-order valence-electron chi connectivity index (χ2n) is 6.74. The lowest BCUT2D eigenvalue weighted by atomic mass is 9.90. The molecule has 1 aromatic heterocycles. The summed E-state index contributed by atoms with van der Waals surface area (Å²) in [6.07, 6.45) is 3.00. The zero-order valence-electron chi connectivity index (χ0n) is 14.2. The van der Waals surface area contributed by atoms with E-state index in [1.54, 1.807) is 34.1 Å². The first-order chi connectivity index (χ1) is 12.6. The molecule has 2 aliphatic rings. The Kier molecular flexibility index (Phi) is 4.24. The van der Waals surface area contributed by atoms with E-state index >= 15 is 0 Å². The molecule has 0 aliphatic carbocycles. The number of carbonyl (C=O) groups is 2. The number of benzene rings is 1. The van der Waals surface area contributed by atoms with Crippen molar-refractivity contribution in [3.8, 4) is 0 Å². The summed E-state index contributed by atoms with van der Waals surface area (Å²) in [5.74, 6) is -0.402. The van der Waals surface area contributed by atoms with E-state index in [-0.39, 0.29) is 24.2 Å². The molecule has 6 nitrogen and oxygen atoms in total. The summed E-state index contributed by atoms with van der Waals surface area (Å²) in [6.45, 7) is 1.28. The topological polar surface area (TPSA) is 63.0 Å². The van der Waals surface area contributed by atoms with Crippen LogP contribution in [0.25, 0.3) is 0 Å². The van der Waals surface area contributed by atoms with Crippen molar-refractivity contribution in [3.63, 3.8) is 0 Å². The summed E-state index contributed by atoms with van der Waals surface area (Å²) in [5.41, 5.74) is 0.0107. The number of piperidine rings is 1. The molecule has 2 saturated heterocycles. The number of anilines is 1. The van der Waals surface area contributed by atoms with E-state index < -0.39 is 5.60 Å². The van der Waals surface area contributed by atoms with Gasteiger partial charge in [0.1, 0.15) is 18.0 Å². The molecule has 2 amide bonds. The van der Waals surface area contributed by atoms with Gasteiger partial charge in [0.15, 0.2) is 5.76 Å². The van der Waals surface area contributed by atoms with Crippen LogP contribution in [0.15, 0.2) is 47.1 Å². The van der Waals surface area contributed by atoms with Crippen molar-refractivity contribution in [3.05, 3.63) is 54.2 Å². The highest BCUT2D eigenvalue weighted by atomic mass is 19.1. The van der Waals surface area contributed by atoms with Crippen LogP contribution in [0, 0.1) is 5.82 Å². The van der Waals surface area contributed by atoms with Crippen molar-refractivity contribution in [1.29, 1.82) is 0 Å². The van der Waals surface area contributed by atoms with E-state index in [4.69, 9.17) is 9.15 Å². The molecule has 0 bridgehead atoms. The highest BCUT2D eigenvalue weighted by molar-refractivity contribution is 5.95. The van der Waals surface area contributed by atoms with Crippen LogP contribution < -0.4 is 4.90 Å². The monoisotopic (exact) mass is 358 g/mol. The zero-order chi connectivity index (χ0) is 18.1. The molecule has 0 saturated carbocycles. The van der Waals surface area contributed by atoms with Crippen molar-refractivity contribution >= 4 is 17.5 Å². The Balaban J connectivity index is 1.54. The van der Waals surface area contributed by atoms with Crippen LogP contribution in [0.2, 0.25) is 0 Å². The van der Waals surface area contributed by atoms with Gasteiger partial charge in [0.2, 0.25) is 0 Å². The Bertz CT molecular complexity index is 805. The van der Waals surface area contributed by atoms with Crippen LogP contribution in [-0.4, -0.2) is 48.6 Å². The van der Waals surface area contributed by atoms with Crippen LogP contribution in [-0.2, 0) is 9.53 Å². The van der Waals surface area contributed by atoms with Gasteiger partial charge in [0, 0.05) is 12.2 Å². The van der Waals surface area contributed by atoms with Crippen molar-refractivity contribution < 1.29 is 23.1 Å². The van der Waals surface area contributed by atoms with E-state index in [1.807, 2.05) is 0 Å². The molecular formula is C19H19FN2O4. The molecule has 1 aromatic carbocycles. The van der Waals surface area contributed by atoms with Gasteiger partial charge in [-0.1, -0.05) is 0 Å². The van der Waals surface area contributed by atoms with Crippen LogP contribution in [0.1, 0.15) is 23.4 Å². The number of morpholine rings is 1. The first-order valence-electron chi connectivity index (χ1n) is 8.59.